The van der Waals surface area contributed by atoms with Gasteiger partial charge in [0.15, 0.2) is 5.82 Å². The van der Waals surface area contributed by atoms with Crippen LogP contribution in [0.15, 0.2) is 46.9 Å². The molecular formula is C14H7BrClFN2. The quantitative estimate of drug-likeness (QED) is 0.593. The van der Waals surface area contributed by atoms with Crippen LogP contribution in [-0.4, -0.2) is 9.97 Å². The van der Waals surface area contributed by atoms with Crippen molar-refractivity contribution < 1.29 is 4.39 Å². The Morgan fingerprint density at radius 3 is 2.53 bits per heavy atom. The average molecular weight is 338 g/mol. The van der Waals surface area contributed by atoms with Crippen LogP contribution in [0, 0.1) is 5.82 Å². The van der Waals surface area contributed by atoms with Gasteiger partial charge in [0.1, 0.15) is 11.0 Å². The Labute approximate surface area is 122 Å². The number of rotatable bonds is 1. The fourth-order valence-corrected chi connectivity index (χ4v) is 2.38. The number of fused-ring (bicyclic) bond motifs is 1. The van der Waals surface area contributed by atoms with Gasteiger partial charge in [-0.3, -0.25) is 0 Å². The smallest absolute Gasteiger partial charge is 0.161 e. The van der Waals surface area contributed by atoms with Crippen molar-refractivity contribution in [3.05, 3.63) is 57.9 Å². The lowest BCUT2D eigenvalue weighted by molar-refractivity contribution is 0.623. The van der Waals surface area contributed by atoms with Gasteiger partial charge in [0.25, 0.3) is 0 Å². The second kappa shape index (κ2) is 4.87. The Bertz CT molecular complexity index is 762. The number of aromatic nitrogens is 2. The molecule has 0 aliphatic rings. The van der Waals surface area contributed by atoms with Crippen molar-refractivity contribution in [1.82, 2.24) is 9.97 Å². The molecule has 1 aromatic heterocycles. The summed E-state index contributed by atoms with van der Waals surface area (Å²) in [6.07, 6.45) is 0. The van der Waals surface area contributed by atoms with Gasteiger partial charge in [0.05, 0.1) is 9.99 Å². The molecule has 2 aromatic carbocycles. The largest absolute Gasteiger partial charge is 0.228 e. The Morgan fingerprint density at radius 1 is 1.05 bits per heavy atom. The summed E-state index contributed by atoms with van der Waals surface area (Å²) in [4.78, 5) is 8.61. The second-order valence-corrected chi connectivity index (χ2v) is 5.20. The SMILES string of the molecule is Fc1cc2nc(-c3ccccc3)nc(Cl)c2cc1Br. The van der Waals surface area contributed by atoms with E-state index in [1.807, 2.05) is 30.3 Å². The molecule has 0 saturated carbocycles. The summed E-state index contributed by atoms with van der Waals surface area (Å²) in [5.74, 6) is 0.112. The minimum atomic E-state index is -0.374. The third-order valence-corrected chi connectivity index (χ3v) is 3.62. The highest BCUT2D eigenvalue weighted by molar-refractivity contribution is 9.10. The summed E-state index contributed by atoms with van der Waals surface area (Å²) in [5.41, 5.74) is 1.33. The Hall–Kier alpha value is -1.52. The summed E-state index contributed by atoms with van der Waals surface area (Å²) in [7, 11) is 0. The Balaban J connectivity index is 2.28. The van der Waals surface area contributed by atoms with Gasteiger partial charge in [-0.25, -0.2) is 14.4 Å². The molecule has 2 nitrogen and oxygen atoms in total. The lowest BCUT2D eigenvalue weighted by atomic mass is 10.2. The average Bonchev–Trinajstić information content (AvgIpc) is 2.42. The van der Waals surface area contributed by atoms with Crippen LogP contribution in [0.4, 0.5) is 4.39 Å². The van der Waals surface area contributed by atoms with Crippen LogP contribution in [0.5, 0.6) is 0 Å². The molecule has 0 aliphatic carbocycles. The van der Waals surface area contributed by atoms with E-state index in [-0.39, 0.29) is 5.82 Å². The van der Waals surface area contributed by atoms with E-state index in [1.165, 1.54) is 6.07 Å². The number of hydrogen-bond acceptors (Lipinski definition) is 2. The molecule has 5 heteroatoms. The van der Waals surface area contributed by atoms with E-state index in [0.29, 0.717) is 26.4 Å². The van der Waals surface area contributed by atoms with Gasteiger partial charge in [0.2, 0.25) is 0 Å². The van der Waals surface area contributed by atoms with Gasteiger partial charge in [0, 0.05) is 17.0 Å². The maximum absolute atomic E-state index is 13.6. The first kappa shape index (κ1) is 12.5. The topological polar surface area (TPSA) is 25.8 Å². The molecular weight excluding hydrogens is 331 g/mol. The normalized spacial score (nSPS) is 10.9. The van der Waals surface area contributed by atoms with E-state index < -0.39 is 0 Å². The molecule has 0 bridgehead atoms. The van der Waals surface area contributed by atoms with Crippen molar-refractivity contribution >= 4 is 38.4 Å². The van der Waals surface area contributed by atoms with E-state index in [0.717, 1.165) is 5.56 Å². The monoisotopic (exact) mass is 336 g/mol. The van der Waals surface area contributed by atoms with E-state index >= 15 is 0 Å². The van der Waals surface area contributed by atoms with Gasteiger partial charge >= 0.3 is 0 Å². The maximum atomic E-state index is 13.6. The maximum Gasteiger partial charge on any atom is 0.161 e. The van der Waals surface area contributed by atoms with Crippen LogP contribution < -0.4 is 0 Å². The van der Waals surface area contributed by atoms with Gasteiger partial charge in [-0.2, -0.15) is 0 Å². The third kappa shape index (κ3) is 2.33. The van der Waals surface area contributed by atoms with Gasteiger partial charge < -0.3 is 0 Å². The zero-order valence-electron chi connectivity index (χ0n) is 9.57. The highest BCUT2D eigenvalue weighted by atomic mass is 79.9. The van der Waals surface area contributed by atoms with E-state index in [9.17, 15) is 4.39 Å². The molecule has 1 heterocycles. The lowest BCUT2D eigenvalue weighted by Crippen LogP contribution is -1.93. The molecule has 0 unspecified atom stereocenters. The Morgan fingerprint density at radius 2 is 1.79 bits per heavy atom. The molecule has 0 N–H and O–H groups in total. The zero-order valence-corrected chi connectivity index (χ0v) is 11.9. The molecule has 19 heavy (non-hydrogen) atoms. The van der Waals surface area contributed by atoms with Gasteiger partial charge in [-0.15, -0.1) is 0 Å². The summed E-state index contributed by atoms with van der Waals surface area (Å²) < 4.78 is 13.9. The first-order valence-corrected chi connectivity index (χ1v) is 6.70. The molecule has 94 valence electrons. The predicted molar refractivity (Wildman–Crippen MR) is 77.6 cm³/mol. The van der Waals surface area contributed by atoms with E-state index in [4.69, 9.17) is 11.6 Å². The van der Waals surface area contributed by atoms with Crippen molar-refractivity contribution in [1.29, 1.82) is 0 Å². The summed E-state index contributed by atoms with van der Waals surface area (Å²) in [6, 6.07) is 12.4. The Kier molecular flexibility index (Phi) is 3.21. The summed E-state index contributed by atoms with van der Waals surface area (Å²) in [6.45, 7) is 0. The lowest BCUT2D eigenvalue weighted by Gasteiger charge is -2.05. The molecule has 0 amide bonds. The molecule has 0 fully saturated rings. The van der Waals surface area contributed by atoms with Crippen molar-refractivity contribution in [3.63, 3.8) is 0 Å². The van der Waals surface area contributed by atoms with E-state index in [2.05, 4.69) is 25.9 Å². The fraction of sp³-hybridized carbons (Fsp3) is 0. The molecule has 0 aliphatic heterocycles. The number of nitrogens with zero attached hydrogens (tertiary/aromatic N) is 2. The molecule has 3 rings (SSSR count). The van der Waals surface area contributed by atoms with Crippen molar-refractivity contribution in [2.75, 3.05) is 0 Å². The third-order valence-electron chi connectivity index (χ3n) is 2.72. The molecule has 0 spiro atoms. The number of halogens is 3. The first-order chi connectivity index (χ1) is 9.15. The second-order valence-electron chi connectivity index (χ2n) is 3.99. The standard InChI is InChI=1S/C14H7BrClFN2/c15-10-6-9-12(7-11(10)17)18-14(19-13(9)16)8-4-2-1-3-5-8/h1-7H. The molecule has 0 saturated heterocycles. The van der Waals surface area contributed by atoms with Gasteiger partial charge in [-0.1, -0.05) is 41.9 Å². The summed E-state index contributed by atoms with van der Waals surface area (Å²) in [5, 5.41) is 0.930. The van der Waals surface area contributed by atoms with Crippen LogP contribution in [0.1, 0.15) is 0 Å². The van der Waals surface area contributed by atoms with Crippen molar-refractivity contribution in [2.24, 2.45) is 0 Å². The van der Waals surface area contributed by atoms with Crippen LogP contribution in [-0.2, 0) is 0 Å². The number of hydrogen-bond donors (Lipinski definition) is 0. The predicted octanol–water partition coefficient (Wildman–Crippen LogP) is 4.85. The van der Waals surface area contributed by atoms with E-state index in [1.54, 1.807) is 6.07 Å². The van der Waals surface area contributed by atoms with Crippen LogP contribution in [0.25, 0.3) is 22.3 Å². The minimum absolute atomic E-state index is 0.310. The molecule has 3 aromatic rings. The van der Waals surface area contributed by atoms with Crippen LogP contribution in [0.3, 0.4) is 0 Å². The molecule has 0 radical (unpaired) electrons. The first-order valence-electron chi connectivity index (χ1n) is 5.53. The number of benzene rings is 2. The molecule has 0 atom stereocenters. The van der Waals surface area contributed by atoms with Crippen molar-refractivity contribution in [3.8, 4) is 11.4 Å². The zero-order chi connectivity index (χ0) is 13.4. The van der Waals surface area contributed by atoms with Crippen molar-refractivity contribution in [2.45, 2.75) is 0 Å². The highest BCUT2D eigenvalue weighted by Crippen LogP contribution is 2.28. The highest BCUT2D eigenvalue weighted by Gasteiger charge is 2.10. The fourth-order valence-electron chi connectivity index (χ4n) is 1.80. The van der Waals surface area contributed by atoms with Crippen LogP contribution in [0.2, 0.25) is 5.15 Å². The summed E-state index contributed by atoms with van der Waals surface area (Å²) >= 11 is 9.27. The van der Waals surface area contributed by atoms with Gasteiger partial charge in [-0.05, 0) is 22.0 Å². The van der Waals surface area contributed by atoms with Crippen LogP contribution >= 0.6 is 27.5 Å². The minimum Gasteiger partial charge on any atom is -0.228 e.